The van der Waals surface area contributed by atoms with Gasteiger partial charge in [-0.25, -0.2) is 4.79 Å². The van der Waals surface area contributed by atoms with Crippen molar-refractivity contribution in [3.8, 4) is 0 Å². The normalized spacial score (nSPS) is 34.9. The van der Waals surface area contributed by atoms with E-state index in [1.165, 1.54) is 16.7 Å². The van der Waals surface area contributed by atoms with Gasteiger partial charge < -0.3 is 15.4 Å². The lowest BCUT2D eigenvalue weighted by atomic mass is 9.96. The summed E-state index contributed by atoms with van der Waals surface area (Å²) in [5.41, 5.74) is 5.75. The van der Waals surface area contributed by atoms with E-state index in [9.17, 15) is 9.59 Å². The Kier molecular flexibility index (Phi) is 6.44. The highest BCUT2D eigenvalue weighted by Crippen LogP contribution is 2.51. The van der Waals surface area contributed by atoms with Crippen molar-refractivity contribution in [2.75, 3.05) is 11.9 Å². The minimum atomic E-state index is -1.68. The van der Waals surface area contributed by atoms with Crippen LogP contribution >= 0.6 is 74.9 Å². The molecule has 4 unspecified atom stereocenters. The number of nitrogens with two attached hydrogens (primary N) is 1. The van der Waals surface area contributed by atoms with Crippen molar-refractivity contribution in [1.82, 2.24) is 4.90 Å². The van der Waals surface area contributed by atoms with Crippen molar-refractivity contribution in [3.05, 3.63) is 0 Å². The molecule has 0 aliphatic carbocycles. The average Bonchev–Trinajstić information content (AvgIpc) is 2.66. The van der Waals surface area contributed by atoms with Crippen molar-refractivity contribution < 1.29 is 14.3 Å². The Labute approximate surface area is 156 Å². The number of rotatable bonds is 3. The highest BCUT2D eigenvalue weighted by Gasteiger charge is 2.64. The first-order chi connectivity index (χ1) is 9.10. The maximum Gasteiger partial charge on any atom is 0.330 e. The number of thioether (sulfide) groups is 1. The van der Waals surface area contributed by atoms with Gasteiger partial charge in [-0.2, -0.15) is 0 Å². The van der Waals surface area contributed by atoms with Gasteiger partial charge in [0.05, 0.1) is 4.75 Å². The minimum absolute atomic E-state index is 0. The van der Waals surface area contributed by atoms with Gasteiger partial charge in [-0.15, -0.1) is 24.2 Å². The number of hydrogen-bond acceptors (Lipinski definition) is 5. The number of β-lactam (4-membered cyclic amide) rings is 1. The first kappa shape index (κ1) is 19.9. The number of carbonyl (C=O) groups is 2. The Morgan fingerprint density at radius 3 is 2.62 bits per heavy atom. The third-order valence-corrected chi connectivity index (χ3v) is 6.77. The predicted octanol–water partition coefficient (Wildman–Crippen LogP) is 2.09. The van der Waals surface area contributed by atoms with Gasteiger partial charge in [0, 0.05) is 5.33 Å². The molecule has 2 fully saturated rings. The molecule has 21 heavy (non-hydrogen) atoms. The molecule has 0 bridgehead atoms. The predicted molar refractivity (Wildman–Crippen MR) is 90.7 cm³/mol. The first-order valence-corrected chi connectivity index (χ1v) is 8.79. The standard InChI is InChI=1S/C10H12BrCl3N2O3S.ClH/c1-9(2-11)5(8(18)19-3-10(12,13)14)16-6(17)4(15)7(16)20-9;/h4-5,7H,2-3,15H2,1H3;1H. The molecule has 4 atom stereocenters. The zero-order valence-electron chi connectivity index (χ0n) is 10.7. The van der Waals surface area contributed by atoms with Crippen molar-refractivity contribution in [2.24, 2.45) is 5.73 Å². The number of halogens is 5. The van der Waals surface area contributed by atoms with E-state index in [1.54, 1.807) is 0 Å². The Balaban J connectivity index is 0.00000220. The topological polar surface area (TPSA) is 72.6 Å². The van der Waals surface area contributed by atoms with Gasteiger partial charge in [0.25, 0.3) is 0 Å². The molecule has 2 saturated heterocycles. The van der Waals surface area contributed by atoms with Gasteiger partial charge >= 0.3 is 5.97 Å². The van der Waals surface area contributed by atoms with Crippen LogP contribution in [0, 0.1) is 0 Å². The van der Waals surface area contributed by atoms with Crippen LogP contribution in [0.25, 0.3) is 0 Å². The summed E-state index contributed by atoms with van der Waals surface area (Å²) in [6, 6.07) is -1.32. The van der Waals surface area contributed by atoms with Crippen LogP contribution in [-0.4, -0.2) is 54.7 Å². The molecule has 1 amide bonds. The molecule has 2 aliphatic heterocycles. The molecule has 0 aromatic carbocycles. The van der Waals surface area contributed by atoms with E-state index in [-0.39, 0.29) is 30.3 Å². The second-order valence-corrected chi connectivity index (χ2v) is 9.58. The van der Waals surface area contributed by atoms with E-state index in [4.69, 9.17) is 45.3 Å². The number of nitrogens with zero attached hydrogens (tertiary/aromatic N) is 1. The Bertz CT molecular complexity index is 453. The van der Waals surface area contributed by atoms with Gasteiger partial charge in [0.15, 0.2) is 0 Å². The van der Waals surface area contributed by atoms with Crippen molar-refractivity contribution in [3.63, 3.8) is 0 Å². The number of ether oxygens (including phenoxy) is 1. The molecule has 122 valence electrons. The number of carbonyl (C=O) groups excluding carboxylic acids is 2. The molecule has 2 N–H and O–H groups in total. The smallest absolute Gasteiger partial charge is 0.330 e. The van der Waals surface area contributed by atoms with Gasteiger partial charge in [-0.1, -0.05) is 50.7 Å². The van der Waals surface area contributed by atoms with E-state index in [2.05, 4.69) is 15.9 Å². The van der Waals surface area contributed by atoms with Crippen LogP contribution < -0.4 is 5.73 Å². The molecule has 11 heteroatoms. The molecular formula is C10H13BrCl4N2O3S. The number of fused-ring (bicyclic) bond motifs is 1. The maximum atomic E-state index is 12.2. The first-order valence-electron chi connectivity index (χ1n) is 5.65. The second-order valence-electron chi connectivity index (χ2n) is 4.85. The summed E-state index contributed by atoms with van der Waals surface area (Å²) in [5.74, 6) is -0.850. The molecule has 2 aliphatic rings. The fourth-order valence-electron chi connectivity index (χ4n) is 2.25. The molecule has 0 spiro atoms. The summed E-state index contributed by atoms with van der Waals surface area (Å²) in [6.07, 6.45) is 0. The van der Waals surface area contributed by atoms with Crippen molar-refractivity contribution in [2.45, 2.75) is 32.9 Å². The van der Waals surface area contributed by atoms with E-state index in [0.29, 0.717) is 5.33 Å². The molecule has 0 saturated carbocycles. The van der Waals surface area contributed by atoms with Gasteiger partial charge in [-0.05, 0) is 6.92 Å². The lowest BCUT2D eigenvalue weighted by Crippen LogP contribution is -2.69. The Morgan fingerprint density at radius 2 is 2.14 bits per heavy atom. The van der Waals surface area contributed by atoms with Crippen LogP contribution in [0.4, 0.5) is 0 Å². The Hall–Kier alpha value is 0.890. The SMILES string of the molecule is CC1(CBr)SC2C(N)C(=O)N2C1C(=O)OCC(Cl)(Cl)Cl.Cl. The second kappa shape index (κ2) is 6.79. The average molecular weight is 463 g/mol. The highest BCUT2D eigenvalue weighted by atomic mass is 79.9. The lowest BCUT2D eigenvalue weighted by molar-refractivity contribution is -0.162. The molecule has 0 aromatic heterocycles. The zero-order chi connectivity index (χ0) is 15.3. The third-order valence-electron chi connectivity index (χ3n) is 3.23. The van der Waals surface area contributed by atoms with E-state index in [1.807, 2.05) is 6.92 Å². The monoisotopic (exact) mass is 460 g/mol. The summed E-state index contributed by atoms with van der Waals surface area (Å²) < 4.78 is 2.81. The molecular weight excluding hydrogens is 450 g/mol. The van der Waals surface area contributed by atoms with Crippen LogP contribution in [0.15, 0.2) is 0 Å². The summed E-state index contributed by atoms with van der Waals surface area (Å²) in [7, 11) is 0. The van der Waals surface area contributed by atoms with Crippen LogP contribution in [-0.2, 0) is 14.3 Å². The number of esters is 1. The summed E-state index contributed by atoms with van der Waals surface area (Å²) >= 11 is 21.5. The molecule has 2 rings (SSSR count). The molecule has 5 nitrogen and oxygen atoms in total. The minimum Gasteiger partial charge on any atom is -0.460 e. The Morgan fingerprint density at radius 1 is 1.57 bits per heavy atom. The van der Waals surface area contributed by atoms with Crippen LogP contribution in [0.1, 0.15) is 6.92 Å². The lowest BCUT2D eigenvalue weighted by Gasteiger charge is -2.42. The summed E-state index contributed by atoms with van der Waals surface area (Å²) in [6.45, 7) is 1.50. The summed E-state index contributed by atoms with van der Waals surface area (Å²) in [4.78, 5) is 25.5. The largest absolute Gasteiger partial charge is 0.460 e. The van der Waals surface area contributed by atoms with E-state index < -0.39 is 26.6 Å². The third kappa shape index (κ3) is 3.70. The van der Waals surface area contributed by atoms with Crippen LogP contribution in [0.5, 0.6) is 0 Å². The van der Waals surface area contributed by atoms with Gasteiger partial charge in [-0.3, -0.25) is 4.79 Å². The van der Waals surface area contributed by atoms with Gasteiger partial charge in [0.1, 0.15) is 24.1 Å². The fourth-order valence-corrected chi connectivity index (χ4v) is 4.67. The van der Waals surface area contributed by atoms with Crippen LogP contribution in [0.2, 0.25) is 0 Å². The van der Waals surface area contributed by atoms with E-state index >= 15 is 0 Å². The van der Waals surface area contributed by atoms with E-state index in [0.717, 1.165) is 0 Å². The quantitative estimate of drug-likeness (QED) is 0.395. The highest BCUT2D eigenvalue weighted by molar-refractivity contribution is 9.09. The van der Waals surface area contributed by atoms with Crippen LogP contribution in [0.3, 0.4) is 0 Å². The fraction of sp³-hybridized carbons (Fsp3) is 0.800. The summed E-state index contributed by atoms with van der Waals surface area (Å²) in [5, 5.41) is 0.293. The van der Waals surface area contributed by atoms with Crippen molar-refractivity contribution in [1.29, 1.82) is 0 Å². The van der Waals surface area contributed by atoms with Gasteiger partial charge in [0.2, 0.25) is 9.70 Å². The molecule has 0 radical (unpaired) electrons. The van der Waals surface area contributed by atoms with Crippen molar-refractivity contribution >= 4 is 86.8 Å². The number of hydrogen-bond donors (Lipinski definition) is 1. The molecule has 0 aromatic rings. The zero-order valence-corrected chi connectivity index (χ0v) is 16.2. The molecule has 2 heterocycles. The number of alkyl halides is 4. The maximum absolute atomic E-state index is 12.2. The number of amides is 1.